The molecule has 154 valence electrons. The van der Waals surface area contributed by atoms with E-state index in [9.17, 15) is 4.79 Å². The number of fused-ring (bicyclic) bond motifs is 1. The Hall–Kier alpha value is -3.17. The molecule has 29 heavy (non-hydrogen) atoms. The molecule has 10 nitrogen and oxygen atoms in total. The second kappa shape index (κ2) is 7.69. The van der Waals surface area contributed by atoms with E-state index < -0.39 is 11.7 Å². The summed E-state index contributed by atoms with van der Waals surface area (Å²) in [6.45, 7) is 7.50. The second-order valence-electron chi connectivity index (χ2n) is 8.22. The van der Waals surface area contributed by atoms with Gasteiger partial charge in [0.25, 0.3) is 0 Å². The van der Waals surface area contributed by atoms with Gasteiger partial charge in [0.05, 0.1) is 24.2 Å². The fourth-order valence-electron chi connectivity index (χ4n) is 3.52. The van der Waals surface area contributed by atoms with Crippen LogP contribution >= 0.6 is 0 Å². The number of carbonyl (C=O) groups excluding carboxylic acids is 1. The minimum Gasteiger partial charge on any atom is -0.444 e. The molecule has 0 bridgehead atoms. The summed E-state index contributed by atoms with van der Waals surface area (Å²) in [6, 6.07) is 2.19. The van der Waals surface area contributed by atoms with Crippen molar-refractivity contribution in [2.75, 3.05) is 18.0 Å². The van der Waals surface area contributed by atoms with Crippen molar-refractivity contribution in [3.8, 4) is 0 Å². The normalized spacial score (nSPS) is 17.5. The Morgan fingerprint density at radius 3 is 3.07 bits per heavy atom. The van der Waals surface area contributed by atoms with E-state index in [1.54, 1.807) is 6.33 Å². The Kier molecular flexibility index (Phi) is 5.08. The maximum Gasteiger partial charge on any atom is 0.407 e. The monoisotopic (exact) mass is 398 g/mol. The third-order valence-electron chi connectivity index (χ3n) is 4.77. The van der Waals surface area contributed by atoms with Crippen molar-refractivity contribution in [2.45, 2.75) is 51.8 Å². The van der Waals surface area contributed by atoms with Crippen molar-refractivity contribution in [3.63, 3.8) is 0 Å². The number of H-pyrrole nitrogens is 1. The minimum atomic E-state index is -0.529. The molecule has 0 radical (unpaired) electrons. The number of amides is 1. The van der Waals surface area contributed by atoms with Crippen molar-refractivity contribution >= 4 is 22.9 Å². The van der Waals surface area contributed by atoms with Gasteiger partial charge in [-0.1, -0.05) is 5.21 Å². The van der Waals surface area contributed by atoms with Crippen molar-refractivity contribution in [2.24, 2.45) is 0 Å². The maximum absolute atomic E-state index is 11.8. The quantitative estimate of drug-likeness (QED) is 0.694. The van der Waals surface area contributed by atoms with Crippen LogP contribution in [0.2, 0.25) is 0 Å². The molecule has 0 unspecified atom stereocenters. The van der Waals surface area contributed by atoms with Crippen LogP contribution in [0.1, 0.15) is 45.3 Å². The molecular weight excluding hydrogens is 372 g/mol. The Labute approximate surface area is 168 Å². The first-order valence-electron chi connectivity index (χ1n) is 9.80. The molecule has 3 aromatic heterocycles. The molecule has 1 fully saturated rings. The summed E-state index contributed by atoms with van der Waals surface area (Å²) in [5, 5.41) is 12.2. The van der Waals surface area contributed by atoms with Crippen LogP contribution in [0.15, 0.2) is 24.8 Å². The molecule has 0 aliphatic carbocycles. The molecule has 1 aliphatic heterocycles. The Morgan fingerprint density at radius 1 is 1.38 bits per heavy atom. The lowest BCUT2D eigenvalue weighted by molar-refractivity contribution is 0.0523. The number of hydrogen-bond donors (Lipinski definition) is 2. The lowest BCUT2D eigenvalue weighted by Gasteiger charge is -2.33. The van der Waals surface area contributed by atoms with E-state index in [0.717, 1.165) is 42.8 Å². The van der Waals surface area contributed by atoms with Gasteiger partial charge in [0.15, 0.2) is 0 Å². The van der Waals surface area contributed by atoms with E-state index in [1.165, 1.54) is 0 Å². The van der Waals surface area contributed by atoms with Gasteiger partial charge in [-0.3, -0.25) is 0 Å². The fourth-order valence-corrected chi connectivity index (χ4v) is 3.52. The number of aromatic nitrogens is 6. The topological polar surface area (TPSA) is 114 Å². The average Bonchev–Trinajstić information content (AvgIpc) is 3.34. The highest BCUT2D eigenvalue weighted by atomic mass is 16.6. The molecule has 1 atom stereocenters. The summed E-state index contributed by atoms with van der Waals surface area (Å²) in [7, 11) is 0. The zero-order chi connectivity index (χ0) is 20.4. The summed E-state index contributed by atoms with van der Waals surface area (Å²) in [5.74, 6) is 0.938. The van der Waals surface area contributed by atoms with Crippen LogP contribution in [0.25, 0.3) is 11.0 Å². The van der Waals surface area contributed by atoms with Gasteiger partial charge in [0.1, 0.15) is 29.1 Å². The summed E-state index contributed by atoms with van der Waals surface area (Å²) in [5.41, 5.74) is 1.01. The number of carbonyl (C=O) groups is 1. The number of ether oxygens (including phenoxy) is 1. The van der Waals surface area contributed by atoms with Crippen LogP contribution < -0.4 is 10.2 Å². The number of nitrogens with zero attached hydrogens (tertiary/aromatic N) is 6. The van der Waals surface area contributed by atoms with Crippen LogP contribution in [-0.2, 0) is 11.3 Å². The van der Waals surface area contributed by atoms with E-state index >= 15 is 0 Å². The fraction of sp³-hybridized carbons (Fsp3) is 0.526. The molecule has 4 rings (SSSR count). The number of hydrogen-bond acceptors (Lipinski definition) is 7. The molecule has 10 heteroatoms. The molecule has 2 N–H and O–H groups in total. The molecule has 0 aromatic carbocycles. The van der Waals surface area contributed by atoms with Gasteiger partial charge in [-0.15, -0.1) is 5.10 Å². The van der Waals surface area contributed by atoms with Gasteiger partial charge < -0.3 is 19.9 Å². The molecule has 3 aromatic rings. The van der Waals surface area contributed by atoms with Crippen molar-refractivity contribution in [3.05, 3.63) is 30.5 Å². The highest BCUT2D eigenvalue weighted by Crippen LogP contribution is 2.28. The Bertz CT molecular complexity index is 989. The highest BCUT2D eigenvalue weighted by molar-refractivity contribution is 5.87. The van der Waals surface area contributed by atoms with Gasteiger partial charge in [0, 0.05) is 19.3 Å². The number of alkyl carbamates (subject to hydrolysis) is 1. The molecule has 1 aliphatic rings. The van der Waals surface area contributed by atoms with Gasteiger partial charge >= 0.3 is 6.09 Å². The zero-order valence-corrected chi connectivity index (χ0v) is 16.9. The third kappa shape index (κ3) is 4.47. The molecule has 0 saturated carbocycles. The van der Waals surface area contributed by atoms with Gasteiger partial charge in [0.2, 0.25) is 0 Å². The smallest absolute Gasteiger partial charge is 0.407 e. The lowest BCUT2D eigenvalue weighted by atomic mass is 10.1. The van der Waals surface area contributed by atoms with Crippen molar-refractivity contribution in [1.29, 1.82) is 0 Å². The van der Waals surface area contributed by atoms with Crippen LogP contribution in [0, 0.1) is 0 Å². The van der Waals surface area contributed by atoms with E-state index in [4.69, 9.17) is 4.74 Å². The maximum atomic E-state index is 11.8. The van der Waals surface area contributed by atoms with Crippen molar-refractivity contribution < 1.29 is 9.53 Å². The molecular formula is C19H26N8O2. The van der Waals surface area contributed by atoms with E-state index in [2.05, 4.69) is 35.5 Å². The number of rotatable bonds is 4. The Morgan fingerprint density at radius 2 is 2.24 bits per heavy atom. The van der Waals surface area contributed by atoms with Gasteiger partial charge in [-0.05, 0) is 39.7 Å². The third-order valence-corrected chi connectivity index (χ3v) is 4.77. The first kappa shape index (κ1) is 19.2. The number of anilines is 1. The van der Waals surface area contributed by atoms with Crippen molar-refractivity contribution in [1.82, 2.24) is 35.3 Å². The Balaban J connectivity index is 1.40. The summed E-state index contributed by atoms with van der Waals surface area (Å²) >= 11 is 0. The molecule has 1 saturated heterocycles. The van der Waals surface area contributed by atoms with E-state index in [-0.39, 0.29) is 12.6 Å². The van der Waals surface area contributed by atoms with Crippen LogP contribution in [0.5, 0.6) is 0 Å². The SMILES string of the molecule is CC(C)(C)OC(=O)NCc1cn([C@H]2CCCN(c3ncnc4[nH]ccc34)C2)nn1. The zero-order valence-electron chi connectivity index (χ0n) is 16.9. The van der Waals surface area contributed by atoms with E-state index in [0.29, 0.717) is 5.69 Å². The first-order chi connectivity index (χ1) is 13.9. The molecule has 4 heterocycles. The van der Waals surface area contributed by atoms with Gasteiger partial charge in [-0.25, -0.2) is 19.4 Å². The largest absolute Gasteiger partial charge is 0.444 e. The van der Waals surface area contributed by atoms with Crippen LogP contribution in [0.4, 0.5) is 10.6 Å². The van der Waals surface area contributed by atoms with Crippen LogP contribution in [-0.4, -0.2) is 54.7 Å². The molecule has 1 amide bonds. The first-order valence-corrected chi connectivity index (χ1v) is 9.80. The second-order valence-corrected chi connectivity index (χ2v) is 8.22. The predicted molar refractivity (Wildman–Crippen MR) is 107 cm³/mol. The average molecular weight is 398 g/mol. The summed E-state index contributed by atoms with van der Waals surface area (Å²) < 4.78 is 7.13. The van der Waals surface area contributed by atoms with Crippen LogP contribution in [0.3, 0.4) is 0 Å². The lowest BCUT2D eigenvalue weighted by Crippen LogP contribution is -2.37. The number of nitrogens with one attached hydrogen (secondary N) is 2. The van der Waals surface area contributed by atoms with E-state index in [1.807, 2.05) is 43.9 Å². The highest BCUT2D eigenvalue weighted by Gasteiger charge is 2.25. The standard InChI is InChI=1S/C19H26N8O2/c1-19(2,3)29-18(28)21-9-13-10-27(25-24-13)14-5-4-8-26(11-14)17-15-6-7-20-16(15)22-12-23-17/h6-7,10,12,14H,4-5,8-9,11H2,1-3H3,(H,21,28)(H,20,22,23)/t14-/m0/s1. The number of piperidine rings is 1. The summed E-state index contributed by atoms with van der Waals surface area (Å²) in [6.07, 6.45) is 6.94. The summed E-state index contributed by atoms with van der Waals surface area (Å²) in [4.78, 5) is 26.0. The van der Waals surface area contributed by atoms with Gasteiger partial charge in [-0.2, -0.15) is 0 Å². The minimum absolute atomic E-state index is 0.190. The number of aromatic amines is 1. The predicted octanol–water partition coefficient (Wildman–Crippen LogP) is 2.42. The molecule has 0 spiro atoms.